The SMILES string of the molecule is CCC(C)(C)N(C)Cc1cc(CN)no1. The van der Waals surface area contributed by atoms with E-state index in [9.17, 15) is 0 Å². The van der Waals surface area contributed by atoms with E-state index >= 15 is 0 Å². The summed E-state index contributed by atoms with van der Waals surface area (Å²) >= 11 is 0. The van der Waals surface area contributed by atoms with E-state index in [2.05, 4.69) is 37.9 Å². The fourth-order valence-corrected chi connectivity index (χ4v) is 1.24. The first kappa shape index (κ1) is 12.2. The summed E-state index contributed by atoms with van der Waals surface area (Å²) in [4.78, 5) is 2.26. The fourth-order valence-electron chi connectivity index (χ4n) is 1.24. The number of rotatable bonds is 5. The smallest absolute Gasteiger partial charge is 0.151 e. The molecule has 86 valence electrons. The Morgan fingerprint density at radius 3 is 2.67 bits per heavy atom. The summed E-state index contributed by atoms with van der Waals surface area (Å²) in [5, 5.41) is 3.87. The lowest BCUT2D eigenvalue weighted by atomic mass is 10.00. The van der Waals surface area contributed by atoms with E-state index in [0.29, 0.717) is 6.54 Å². The summed E-state index contributed by atoms with van der Waals surface area (Å²) in [6, 6.07) is 1.92. The number of nitrogens with two attached hydrogens (primary N) is 1. The Morgan fingerprint density at radius 1 is 1.53 bits per heavy atom. The van der Waals surface area contributed by atoms with Crippen LogP contribution < -0.4 is 5.73 Å². The van der Waals surface area contributed by atoms with Crippen molar-refractivity contribution >= 4 is 0 Å². The third kappa shape index (κ3) is 3.04. The van der Waals surface area contributed by atoms with Gasteiger partial charge in [0.1, 0.15) is 0 Å². The molecule has 0 aliphatic rings. The van der Waals surface area contributed by atoms with Crippen molar-refractivity contribution < 1.29 is 4.52 Å². The van der Waals surface area contributed by atoms with E-state index < -0.39 is 0 Å². The van der Waals surface area contributed by atoms with Gasteiger partial charge < -0.3 is 10.3 Å². The molecular weight excluding hydrogens is 190 g/mol. The van der Waals surface area contributed by atoms with Gasteiger partial charge in [-0.15, -0.1) is 0 Å². The zero-order chi connectivity index (χ0) is 11.5. The molecular formula is C11H21N3O. The van der Waals surface area contributed by atoms with Crippen LogP contribution in [0.15, 0.2) is 10.6 Å². The minimum absolute atomic E-state index is 0.176. The molecule has 15 heavy (non-hydrogen) atoms. The normalized spacial score (nSPS) is 12.4. The molecule has 0 fully saturated rings. The first-order valence-corrected chi connectivity index (χ1v) is 5.35. The summed E-state index contributed by atoms with van der Waals surface area (Å²) in [6.45, 7) is 7.82. The Hall–Kier alpha value is -0.870. The van der Waals surface area contributed by atoms with Crippen LogP contribution >= 0.6 is 0 Å². The highest BCUT2D eigenvalue weighted by Gasteiger charge is 2.22. The lowest BCUT2D eigenvalue weighted by Gasteiger charge is -2.33. The van der Waals surface area contributed by atoms with Crippen LogP contribution in [0.4, 0.5) is 0 Å². The molecule has 1 aromatic heterocycles. The van der Waals surface area contributed by atoms with E-state index in [1.54, 1.807) is 0 Å². The molecule has 0 aliphatic carbocycles. The minimum Gasteiger partial charge on any atom is -0.360 e. The van der Waals surface area contributed by atoms with Gasteiger partial charge in [-0.25, -0.2) is 0 Å². The van der Waals surface area contributed by atoms with Crippen LogP contribution in [0.3, 0.4) is 0 Å². The first-order chi connectivity index (χ1) is 6.99. The highest BCUT2D eigenvalue weighted by molar-refractivity contribution is 5.05. The Morgan fingerprint density at radius 2 is 2.20 bits per heavy atom. The summed E-state index contributed by atoms with van der Waals surface area (Å²) in [5.41, 5.74) is 6.46. The fraction of sp³-hybridized carbons (Fsp3) is 0.727. The van der Waals surface area contributed by atoms with Gasteiger partial charge in [0.25, 0.3) is 0 Å². The van der Waals surface area contributed by atoms with Gasteiger partial charge in [-0.3, -0.25) is 4.90 Å². The van der Waals surface area contributed by atoms with Crippen LogP contribution in [0.2, 0.25) is 0 Å². The second kappa shape index (κ2) is 4.77. The Balaban J connectivity index is 2.61. The van der Waals surface area contributed by atoms with Gasteiger partial charge in [0.05, 0.1) is 12.2 Å². The number of nitrogens with zero attached hydrogens (tertiary/aromatic N) is 2. The van der Waals surface area contributed by atoms with Gasteiger partial charge >= 0.3 is 0 Å². The van der Waals surface area contributed by atoms with Crippen molar-refractivity contribution in [3.8, 4) is 0 Å². The van der Waals surface area contributed by atoms with Crippen LogP contribution in [0.1, 0.15) is 38.6 Å². The molecule has 0 saturated heterocycles. The Labute approximate surface area is 91.4 Å². The molecule has 1 rings (SSSR count). The minimum atomic E-state index is 0.176. The largest absolute Gasteiger partial charge is 0.360 e. The van der Waals surface area contributed by atoms with Crippen LogP contribution in [0.25, 0.3) is 0 Å². The zero-order valence-corrected chi connectivity index (χ0v) is 10.1. The first-order valence-electron chi connectivity index (χ1n) is 5.35. The standard InChI is InChI=1S/C11H21N3O/c1-5-11(2,3)14(4)8-10-6-9(7-12)13-15-10/h6H,5,7-8,12H2,1-4H3. The summed E-state index contributed by atoms with van der Waals surface area (Å²) < 4.78 is 5.19. The molecule has 4 nitrogen and oxygen atoms in total. The lowest BCUT2D eigenvalue weighted by molar-refractivity contribution is 0.129. The van der Waals surface area contributed by atoms with Gasteiger partial charge in [0.15, 0.2) is 5.76 Å². The monoisotopic (exact) mass is 211 g/mol. The summed E-state index contributed by atoms with van der Waals surface area (Å²) in [7, 11) is 2.09. The van der Waals surface area contributed by atoms with E-state index in [1.165, 1.54) is 0 Å². The average molecular weight is 211 g/mol. The summed E-state index contributed by atoms with van der Waals surface area (Å²) in [5.74, 6) is 0.875. The molecule has 0 bridgehead atoms. The van der Waals surface area contributed by atoms with Crippen molar-refractivity contribution in [1.82, 2.24) is 10.1 Å². The molecule has 4 heteroatoms. The van der Waals surface area contributed by atoms with Crippen LogP contribution in [0, 0.1) is 0 Å². The highest BCUT2D eigenvalue weighted by Crippen LogP contribution is 2.19. The molecule has 2 N–H and O–H groups in total. The van der Waals surface area contributed by atoms with Crippen LogP contribution in [-0.2, 0) is 13.1 Å². The zero-order valence-electron chi connectivity index (χ0n) is 10.1. The average Bonchev–Trinajstić information content (AvgIpc) is 2.65. The predicted octanol–water partition coefficient (Wildman–Crippen LogP) is 1.75. The third-order valence-electron chi connectivity index (χ3n) is 3.11. The second-order valence-electron chi connectivity index (χ2n) is 4.51. The van der Waals surface area contributed by atoms with Crippen molar-refractivity contribution in [2.45, 2.75) is 45.8 Å². The topological polar surface area (TPSA) is 55.3 Å². The van der Waals surface area contributed by atoms with E-state index in [-0.39, 0.29) is 5.54 Å². The van der Waals surface area contributed by atoms with Gasteiger partial charge in [0.2, 0.25) is 0 Å². The van der Waals surface area contributed by atoms with Gasteiger partial charge in [-0.05, 0) is 27.3 Å². The number of aromatic nitrogens is 1. The number of hydrogen-bond donors (Lipinski definition) is 1. The van der Waals surface area contributed by atoms with Crippen molar-refractivity contribution in [1.29, 1.82) is 0 Å². The molecule has 1 aromatic rings. The Kier molecular flexibility index (Phi) is 3.88. The number of hydrogen-bond acceptors (Lipinski definition) is 4. The predicted molar refractivity (Wildman–Crippen MR) is 60.2 cm³/mol. The van der Waals surface area contributed by atoms with Crippen LogP contribution in [0.5, 0.6) is 0 Å². The van der Waals surface area contributed by atoms with E-state index in [4.69, 9.17) is 10.3 Å². The molecule has 0 amide bonds. The van der Waals surface area contributed by atoms with E-state index in [0.717, 1.165) is 24.4 Å². The van der Waals surface area contributed by atoms with Gasteiger partial charge in [0, 0.05) is 18.2 Å². The molecule has 0 atom stereocenters. The molecule has 1 heterocycles. The van der Waals surface area contributed by atoms with Gasteiger partial charge in [-0.1, -0.05) is 12.1 Å². The van der Waals surface area contributed by atoms with E-state index in [1.807, 2.05) is 6.07 Å². The molecule has 0 saturated carbocycles. The quantitative estimate of drug-likeness (QED) is 0.806. The molecule has 0 radical (unpaired) electrons. The second-order valence-corrected chi connectivity index (χ2v) is 4.51. The van der Waals surface area contributed by atoms with Crippen molar-refractivity contribution in [2.24, 2.45) is 5.73 Å². The molecule has 0 aromatic carbocycles. The molecule has 0 unspecified atom stereocenters. The van der Waals surface area contributed by atoms with Crippen molar-refractivity contribution in [3.05, 3.63) is 17.5 Å². The lowest BCUT2D eigenvalue weighted by Crippen LogP contribution is -2.39. The van der Waals surface area contributed by atoms with Gasteiger partial charge in [-0.2, -0.15) is 0 Å². The maximum atomic E-state index is 5.47. The highest BCUT2D eigenvalue weighted by atomic mass is 16.5. The molecule has 0 aliphatic heterocycles. The third-order valence-corrected chi connectivity index (χ3v) is 3.11. The maximum Gasteiger partial charge on any atom is 0.151 e. The molecule has 0 spiro atoms. The Bertz CT molecular complexity index is 307. The van der Waals surface area contributed by atoms with Crippen LogP contribution in [-0.4, -0.2) is 22.6 Å². The van der Waals surface area contributed by atoms with Crippen molar-refractivity contribution in [3.63, 3.8) is 0 Å². The maximum absolute atomic E-state index is 5.47. The summed E-state index contributed by atoms with van der Waals surface area (Å²) in [6.07, 6.45) is 1.10. The van der Waals surface area contributed by atoms with Crippen molar-refractivity contribution in [2.75, 3.05) is 7.05 Å².